The Morgan fingerprint density at radius 3 is 2.91 bits per heavy atom. The van der Waals surface area contributed by atoms with E-state index in [1.54, 1.807) is 0 Å². The number of nitrogens with zero attached hydrogens (tertiary/aromatic N) is 1. The minimum atomic E-state index is -0.938. The van der Waals surface area contributed by atoms with Crippen LogP contribution >= 0.6 is 11.8 Å². The maximum Gasteiger partial charge on any atom is 0.317 e. The summed E-state index contributed by atoms with van der Waals surface area (Å²) in [4.78, 5) is 14.0. The van der Waals surface area contributed by atoms with E-state index in [1.807, 2.05) is 47.0 Å². The molecule has 2 rings (SSSR count). The van der Waals surface area contributed by atoms with E-state index >= 15 is 0 Å². The average Bonchev–Trinajstić information content (AvgIpc) is 2.55. The van der Waals surface area contributed by atoms with Gasteiger partial charge < -0.3 is 10.2 Å². The van der Waals surface area contributed by atoms with Gasteiger partial charge in [-0.2, -0.15) is 11.8 Å². The Bertz CT molecular complexity index is 496. The van der Waals surface area contributed by atoms with Crippen molar-refractivity contribution in [2.45, 2.75) is 24.3 Å². The molecule has 1 aromatic rings. The molecule has 2 amide bonds. The lowest BCUT2D eigenvalue weighted by Crippen LogP contribution is -2.47. The molecule has 1 fully saturated rings. The summed E-state index contributed by atoms with van der Waals surface area (Å²) < 4.78 is 12.0. The highest BCUT2D eigenvalue weighted by Crippen LogP contribution is 2.20. The third kappa shape index (κ3) is 5.65. The first kappa shape index (κ1) is 17.3. The Morgan fingerprint density at radius 1 is 1.41 bits per heavy atom. The minimum Gasteiger partial charge on any atom is -0.337 e. The first-order chi connectivity index (χ1) is 10.7. The van der Waals surface area contributed by atoms with E-state index in [0.29, 0.717) is 23.3 Å². The second-order valence-electron chi connectivity index (χ2n) is 5.35. The van der Waals surface area contributed by atoms with E-state index < -0.39 is 10.8 Å². The van der Waals surface area contributed by atoms with Crippen LogP contribution in [0.2, 0.25) is 0 Å². The average molecular weight is 341 g/mol. The van der Waals surface area contributed by atoms with Gasteiger partial charge in [-0.05, 0) is 12.0 Å². The molecule has 0 radical (unpaired) electrons. The smallest absolute Gasteiger partial charge is 0.317 e. The highest BCUT2D eigenvalue weighted by molar-refractivity contribution is 8.00. The van der Waals surface area contributed by atoms with Gasteiger partial charge in [0.15, 0.2) is 0 Å². The van der Waals surface area contributed by atoms with E-state index in [1.165, 1.54) is 0 Å². The van der Waals surface area contributed by atoms with Gasteiger partial charge in [0.25, 0.3) is 0 Å². The van der Waals surface area contributed by atoms with Crippen LogP contribution < -0.4 is 5.32 Å². The fraction of sp³-hybridized carbons (Fsp3) is 0.562. The van der Waals surface area contributed by atoms with E-state index in [9.17, 15) is 9.00 Å². The third-order valence-electron chi connectivity index (χ3n) is 3.66. The van der Waals surface area contributed by atoms with Gasteiger partial charge in [-0.1, -0.05) is 37.3 Å². The van der Waals surface area contributed by atoms with Crippen LogP contribution in [0.1, 0.15) is 18.9 Å². The molecule has 4 nitrogen and oxygen atoms in total. The first-order valence-corrected chi connectivity index (χ1v) is 10.3. The van der Waals surface area contributed by atoms with Crippen molar-refractivity contribution in [1.82, 2.24) is 10.2 Å². The zero-order valence-corrected chi connectivity index (χ0v) is 14.6. The summed E-state index contributed by atoms with van der Waals surface area (Å²) in [5, 5.41) is 3.45. The van der Waals surface area contributed by atoms with Gasteiger partial charge in [0, 0.05) is 52.9 Å². The zero-order chi connectivity index (χ0) is 15.8. The Hall–Kier alpha value is -1.01. The molecule has 2 atom stereocenters. The molecule has 1 aliphatic heterocycles. The maximum atomic E-state index is 12.1. The van der Waals surface area contributed by atoms with Gasteiger partial charge in [-0.15, -0.1) is 0 Å². The maximum absolute atomic E-state index is 12.1. The molecule has 1 aliphatic rings. The molecule has 122 valence electrons. The summed E-state index contributed by atoms with van der Waals surface area (Å²) in [5.41, 5.74) is 1.08. The number of nitrogens with one attached hydrogen (secondary N) is 1. The van der Waals surface area contributed by atoms with Crippen molar-refractivity contribution >= 4 is 28.6 Å². The molecule has 1 saturated heterocycles. The van der Waals surface area contributed by atoms with Gasteiger partial charge in [-0.3, -0.25) is 4.21 Å². The fourth-order valence-corrected chi connectivity index (χ4v) is 4.59. The lowest BCUT2D eigenvalue weighted by molar-refractivity contribution is 0.200. The van der Waals surface area contributed by atoms with Crippen LogP contribution in [0.25, 0.3) is 0 Å². The van der Waals surface area contributed by atoms with Crippen molar-refractivity contribution in [2.24, 2.45) is 0 Å². The molecule has 0 spiro atoms. The minimum absolute atomic E-state index is 0.0181. The second kappa shape index (κ2) is 9.20. The van der Waals surface area contributed by atoms with Gasteiger partial charge >= 0.3 is 6.03 Å². The fourth-order valence-electron chi connectivity index (χ4n) is 2.37. The van der Waals surface area contributed by atoms with E-state index in [2.05, 4.69) is 12.2 Å². The number of thioether (sulfide) groups is 1. The van der Waals surface area contributed by atoms with Crippen LogP contribution in [-0.4, -0.2) is 51.5 Å². The summed E-state index contributed by atoms with van der Waals surface area (Å²) in [6.45, 7) is 4.25. The number of hydrogen-bond acceptors (Lipinski definition) is 3. The molecule has 0 saturated carbocycles. The predicted molar refractivity (Wildman–Crippen MR) is 94.7 cm³/mol. The van der Waals surface area contributed by atoms with Crippen LogP contribution in [0.4, 0.5) is 4.79 Å². The number of rotatable bonds is 6. The quantitative estimate of drug-likeness (QED) is 0.865. The van der Waals surface area contributed by atoms with Crippen LogP contribution in [0, 0.1) is 0 Å². The first-order valence-electron chi connectivity index (χ1n) is 7.72. The van der Waals surface area contributed by atoms with Crippen LogP contribution in [-0.2, 0) is 16.6 Å². The number of urea groups is 1. The van der Waals surface area contributed by atoms with Crippen molar-refractivity contribution in [2.75, 3.05) is 31.1 Å². The normalized spacial score (nSPS) is 19.7. The zero-order valence-electron chi connectivity index (χ0n) is 13.0. The largest absolute Gasteiger partial charge is 0.337 e. The second-order valence-corrected chi connectivity index (χ2v) is 8.34. The number of carbonyl (C=O) groups is 1. The molecule has 22 heavy (non-hydrogen) atoms. The van der Waals surface area contributed by atoms with Gasteiger partial charge in [0.2, 0.25) is 0 Å². The van der Waals surface area contributed by atoms with Crippen LogP contribution in [0.3, 0.4) is 0 Å². The van der Waals surface area contributed by atoms with Crippen molar-refractivity contribution in [1.29, 1.82) is 0 Å². The van der Waals surface area contributed by atoms with E-state index in [4.69, 9.17) is 0 Å². The predicted octanol–water partition coefficient (Wildman–Crippen LogP) is 2.47. The Labute approximate surface area is 139 Å². The lowest BCUT2D eigenvalue weighted by Gasteiger charge is -2.31. The van der Waals surface area contributed by atoms with Crippen LogP contribution in [0.15, 0.2) is 30.3 Å². The molecule has 6 heteroatoms. The van der Waals surface area contributed by atoms with Gasteiger partial charge in [0.05, 0.1) is 0 Å². The number of amides is 2. The van der Waals surface area contributed by atoms with Crippen molar-refractivity contribution in [3.8, 4) is 0 Å². The summed E-state index contributed by atoms with van der Waals surface area (Å²) in [6.07, 6.45) is 1.09. The molecule has 0 aliphatic carbocycles. The number of hydrogen-bond donors (Lipinski definition) is 1. The highest BCUT2D eigenvalue weighted by atomic mass is 32.2. The Kier molecular flexibility index (Phi) is 7.25. The monoisotopic (exact) mass is 340 g/mol. The molecular weight excluding hydrogens is 316 g/mol. The van der Waals surface area contributed by atoms with Crippen molar-refractivity contribution in [3.05, 3.63) is 35.9 Å². The molecule has 0 aromatic heterocycles. The summed E-state index contributed by atoms with van der Waals surface area (Å²) in [6, 6.07) is 9.79. The summed E-state index contributed by atoms with van der Waals surface area (Å²) in [7, 11) is -0.938. The molecule has 1 heterocycles. The highest BCUT2D eigenvalue weighted by Gasteiger charge is 2.22. The molecule has 0 unspecified atom stereocenters. The standard InChI is InChI=1S/C16H24N2O2S2/c1-2-15-12-18(9-10-21-15)16(19)17-8-11-22(20)13-14-6-4-3-5-7-14/h3-7,15H,2,8-13H2,1H3,(H,17,19)/t15-,22-/m0/s1. The third-order valence-corrected chi connectivity index (χ3v) is 6.34. The molecule has 1 N–H and O–H groups in total. The molecule has 1 aromatic carbocycles. The number of carbonyl (C=O) groups excluding carboxylic acids is 1. The van der Waals surface area contributed by atoms with E-state index in [0.717, 1.165) is 30.8 Å². The summed E-state index contributed by atoms with van der Waals surface area (Å²) >= 11 is 1.94. The van der Waals surface area contributed by atoms with Gasteiger partial charge in [0.1, 0.15) is 0 Å². The van der Waals surface area contributed by atoms with Crippen molar-refractivity contribution < 1.29 is 9.00 Å². The molecular formula is C16H24N2O2S2. The van der Waals surface area contributed by atoms with Gasteiger partial charge in [-0.25, -0.2) is 4.79 Å². The Balaban J connectivity index is 1.67. The Morgan fingerprint density at radius 2 is 2.18 bits per heavy atom. The SMILES string of the molecule is CC[C@H]1CN(C(=O)NCC[S@](=O)Cc2ccccc2)CCS1. The van der Waals surface area contributed by atoms with Crippen molar-refractivity contribution in [3.63, 3.8) is 0 Å². The lowest BCUT2D eigenvalue weighted by atomic mass is 10.2. The topological polar surface area (TPSA) is 49.4 Å². The van der Waals surface area contributed by atoms with Crippen LogP contribution in [0.5, 0.6) is 0 Å². The van der Waals surface area contributed by atoms with E-state index in [-0.39, 0.29) is 6.03 Å². The molecule has 0 bridgehead atoms. The summed E-state index contributed by atoms with van der Waals surface area (Å²) in [5.74, 6) is 2.06. The number of benzene rings is 1.